The fourth-order valence-corrected chi connectivity index (χ4v) is 0.590. The zero-order valence-electron chi connectivity index (χ0n) is 6.50. The van der Waals surface area contributed by atoms with E-state index in [0.717, 1.165) is 0 Å². The average Bonchev–Trinajstić information content (AvgIpc) is 2.64. The Balaban J connectivity index is 0.000000189. The van der Waals surface area contributed by atoms with E-state index in [1.807, 2.05) is 42.7 Å². The predicted octanol–water partition coefficient (Wildman–Crippen LogP) is 2.09. The van der Waals surface area contributed by atoms with Crippen LogP contribution in [0.5, 0.6) is 0 Å². The van der Waals surface area contributed by atoms with Crippen LogP contribution in [0.25, 0.3) is 0 Å². The van der Waals surface area contributed by atoms with Crippen LogP contribution >= 0.6 is 0 Å². The topological polar surface area (TPSA) is 28.7 Å². The van der Waals surface area contributed by atoms with Crippen molar-refractivity contribution in [1.29, 1.82) is 0 Å². The molecule has 0 saturated heterocycles. The molecule has 0 bridgehead atoms. The van der Waals surface area contributed by atoms with Gasteiger partial charge in [-0.15, -0.1) is 0 Å². The van der Waals surface area contributed by atoms with E-state index in [9.17, 15) is 0 Å². The van der Waals surface area contributed by atoms with Crippen molar-refractivity contribution in [3.8, 4) is 0 Å². The summed E-state index contributed by atoms with van der Waals surface area (Å²) in [6.07, 6.45) is 7.25. The van der Waals surface area contributed by atoms with E-state index in [1.165, 1.54) is 0 Å². The number of hydrogen-bond acceptors (Lipinski definition) is 1. The summed E-state index contributed by atoms with van der Waals surface area (Å²) >= 11 is 0. The summed E-state index contributed by atoms with van der Waals surface area (Å²) < 4.78 is 0. The summed E-state index contributed by atoms with van der Waals surface area (Å²) in [5.74, 6) is 0. The molecule has 2 rings (SSSR count). The fraction of sp³-hybridized carbons (Fsp3) is 0. The molecule has 0 amide bonds. The number of aromatic amines is 1. The molecule has 0 atom stereocenters. The van der Waals surface area contributed by atoms with Gasteiger partial charge in [0.25, 0.3) is 0 Å². The van der Waals surface area contributed by atoms with Gasteiger partial charge in [-0.1, -0.05) is 6.07 Å². The molecule has 0 saturated carbocycles. The smallest absolute Gasteiger partial charge is 0.0267 e. The Morgan fingerprint density at radius 2 is 1.33 bits per heavy atom. The number of pyridine rings is 1. The summed E-state index contributed by atoms with van der Waals surface area (Å²) in [5, 5.41) is 0. The van der Waals surface area contributed by atoms with Gasteiger partial charge in [0.05, 0.1) is 0 Å². The molecule has 2 heterocycles. The van der Waals surface area contributed by atoms with E-state index in [4.69, 9.17) is 0 Å². The first-order chi connectivity index (χ1) is 5.50. The Hall–Kier alpha value is -1.05. The number of nitrogens with zero attached hydrogens (tertiary/aromatic N) is 1. The molecular weight excluding hydrogens is 192 g/mol. The summed E-state index contributed by atoms with van der Waals surface area (Å²) in [6.45, 7) is 0. The molecule has 0 unspecified atom stereocenters. The zero-order valence-corrected chi connectivity index (χ0v) is 7.60. The third-order valence-corrected chi connectivity index (χ3v) is 1.06. The van der Waals surface area contributed by atoms with Gasteiger partial charge in [-0.05, 0) is 24.3 Å². The number of nitrogens with one attached hydrogen (secondary N) is 1. The molecule has 0 aliphatic carbocycles. The molecule has 0 radical (unpaired) electrons. The van der Waals surface area contributed by atoms with Crippen LogP contribution in [0.1, 0.15) is 0 Å². The SMILES string of the molecule is [Fe].c1cc[nH]c1.c1ccncc1. The molecular formula is C9H10FeN2. The van der Waals surface area contributed by atoms with Crippen LogP contribution in [0.2, 0.25) is 0 Å². The molecule has 0 fully saturated rings. The molecule has 64 valence electrons. The van der Waals surface area contributed by atoms with Gasteiger partial charge in [0.15, 0.2) is 0 Å². The quantitative estimate of drug-likeness (QED) is 0.651. The molecule has 0 aliphatic rings. The maximum atomic E-state index is 3.78. The van der Waals surface area contributed by atoms with Crippen LogP contribution in [0.3, 0.4) is 0 Å². The van der Waals surface area contributed by atoms with Crippen molar-refractivity contribution in [2.24, 2.45) is 0 Å². The monoisotopic (exact) mass is 202 g/mol. The molecule has 12 heavy (non-hydrogen) atoms. The fourth-order valence-electron chi connectivity index (χ4n) is 0.590. The third kappa shape index (κ3) is 5.71. The molecule has 0 spiro atoms. The second-order valence-corrected chi connectivity index (χ2v) is 1.91. The van der Waals surface area contributed by atoms with Crippen molar-refractivity contribution in [2.75, 3.05) is 0 Å². The number of hydrogen-bond donors (Lipinski definition) is 1. The Kier molecular flexibility index (Phi) is 7.35. The van der Waals surface area contributed by atoms with Crippen LogP contribution in [0.15, 0.2) is 55.1 Å². The van der Waals surface area contributed by atoms with Gasteiger partial charge < -0.3 is 4.98 Å². The molecule has 0 aromatic carbocycles. The average molecular weight is 202 g/mol. The van der Waals surface area contributed by atoms with E-state index in [2.05, 4.69) is 9.97 Å². The normalized spacial score (nSPS) is 7.33. The number of rotatable bonds is 0. The van der Waals surface area contributed by atoms with Crippen molar-refractivity contribution in [3.63, 3.8) is 0 Å². The molecule has 2 aromatic rings. The van der Waals surface area contributed by atoms with Crippen molar-refractivity contribution in [2.45, 2.75) is 0 Å². The van der Waals surface area contributed by atoms with Gasteiger partial charge in [-0.3, -0.25) is 4.98 Å². The first kappa shape index (κ1) is 10.9. The standard InChI is InChI=1S/C5H5N.C4H5N.Fe/c1-2-4-6-5-3-1;1-2-4-5-3-1;/h1-5H;1-5H;. The molecule has 1 N–H and O–H groups in total. The molecule has 2 nitrogen and oxygen atoms in total. The van der Waals surface area contributed by atoms with Gasteiger partial charge in [-0.25, -0.2) is 0 Å². The Morgan fingerprint density at radius 3 is 1.50 bits per heavy atom. The van der Waals surface area contributed by atoms with Gasteiger partial charge in [0.1, 0.15) is 0 Å². The van der Waals surface area contributed by atoms with E-state index in [-0.39, 0.29) is 17.1 Å². The second kappa shape index (κ2) is 8.05. The van der Waals surface area contributed by atoms with E-state index in [1.54, 1.807) is 12.4 Å². The summed E-state index contributed by atoms with van der Waals surface area (Å²) in [7, 11) is 0. The maximum absolute atomic E-state index is 3.78. The van der Waals surface area contributed by atoms with Crippen LogP contribution in [0, 0.1) is 0 Å². The van der Waals surface area contributed by atoms with Gasteiger partial charge in [-0.2, -0.15) is 0 Å². The zero-order chi connectivity index (χ0) is 7.78. The summed E-state index contributed by atoms with van der Waals surface area (Å²) in [5.41, 5.74) is 0. The van der Waals surface area contributed by atoms with Crippen LogP contribution < -0.4 is 0 Å². The largest absolute Gasteiger partial charge is 0.368 e. The molecule has 0 aliphatic heterocycles. The number of aromatic nitrogens is 2. The molecule has 2 aromatic heterocycles. The minimum Gasteiger partial charge on any atom is -0.368 e. The first-order valence-corrected chi connectivity index (χ1v) is 3.43. The van der Waals surface area contributed by atoms with Gasteiger partial charge in [0, 0.05) is 41.9 Å². The minimum atomic E-state index is 0. The van der Waals surface area contributed by atoms with Gasteiger partial charge >= 0.3 is 0 Å². The Labute approximate surface area is 82.5 Å². The van der Waals surface area contributed by atoms with Crippen molar-refractivity contribution in [1.82, 2.24) is 9.97 Å². The number of H-pyrrole nitrogens is 1. The van der Waals surface area contributed by atoms with Crippen molar-refractivity contribution in [3.05, 3.63) is 55.1 Å². The second-order valence-electron chi connectivity index (χ2n) is 1.91. The van der Waals surface area contributed by atoms with Crippen molar-refractivity contribution < 1.29 is 17.1 Å². The van der Waals surface area contributed by atoms with Gasteiger partial charge in [0.2, 0.25) is 0 Å². The predicted molar refractivity (Wildman–Crippen MR) is 45.0 cm³/mol. The molecule has 3 heteroatoms. The first-order valence-electron chi connectivity index (χ1n) is 3.43. The Morgan fingerprint density at radius 1 is 0.750 bits per heavy atom. The van der Waals surface area contributed by atoms with Crippen LogP contribution in [0.4, 0.5) is 0 Å². The maximum Gasteiger partial charge on any atom is 0.0267 e. The van der Waals surface area contributed by atoms with E-state index < -0.39 is 0 Å². The van der Waals surface area contributed by atoms with Crippen LogP contribution in [-0.2, 0) is 17.1 Å². The third-order valence-electron chi connectivity index (χ3n) is 1.06. The Bertz CT molecular complexity index is 198. The van der Waals surface area contributed by atoms with E-state index in [0.29, 0.717) is 0 Å². The minimum absolute atomic E-state index is 0. The summed E-state index contributed by atoms with van der Waals surface area (Å²) in [4.78, 5) is 6.65. The van der Waals surface area contributed by atoms with E-state index >= 15 is 0 Å². The van der Waals surface area contributed by atoms with Crippen LogP contribution in [-0.4, -0.2) is 9.97 Å². The van der Waals surface area contributed by atoms with Crippen molar-refractivity contribution >= 4 is 0 Å². The summed E-state index contributed by atoms with van der Waals surface area (Å²) in [6, 6.07) is 9.60.